The van der Waals surface area contributed by atoms with Crippen LogP contribution in [0.25, 0.3) is 11.0 Å². The van der Waals surface area contributed by atoms with E-state index < -0.39 is 0 Å². The normalized spacial score (nSPS) is 20.7. The molecule has 1 aliphatic heterocycles. The second-order valence-electron chi connectivity index (χ2n) is 4.26. The predicted molar refractivity (Wildman–Crippen MR) is 63.5 cm³/mol. The van der Waals surface area contributed by atoms with Crippen molar-refractivity contribution >= 4 is 22.6 Å². The molecule has 2 aromatic heterocycles. The van der Waals surface area contributed by atoms with Gasteiger partial charge in [-0.2, -0.15) is 5.10 Å². The summed E-state index contributed by atoms with van der Waals surface area (Å²) in [6, 6.07) is 3.76. The first-order valence-corrected chi connectivity index (χ1v) is 5.89. The van der Waals surface area contributed by atoms with E-state index in [1.54, 1.807) is 6.07 Å². The minimum absolute atomic E-state index is 0.500. The van der Waals surface area contributed by atoms with Gasteiger partial charge in [-0.25, -0.2) is 4.98 Å². The summed E-state index contributed by atoms with van der Waals surface area (Å²) in [4.78, 5) is 4.19. The highest BCUT2D eigenvalue weighted by molar-refractivity contribution is 6.29. The Bertz CT molecular complexity index is 502. The van der Waals surface area contributed by atoms with Gasteiger partial charge in [-0.1, -0.05) is 11.6 Å². The largest absolute Gasteiger partial charge is 0.316 e. The Hall–Kier alpha value is -1.13. The summed E-state index contributed by atoms with van der Waals surface area (Å²) in [7, 11) is 0. The molecule has 3 rings (SSSR count). The lowest BCUT2D eigenvalue weighted by atomic mass is 10.1. The Labute approximate surface area is 98.6 Å². The Morgan fingerprint density at radius 2 is 2.44 bits per heavy atom. The fourth-order valence-corrected chi connectivity index (χ4v) is 2.30. The first-order chi connectivity index (χ1) is 7.81. The van der Waals surface area contributed by atoms with Crippen LogP contribution in [0.2, 0.25) is 5.15 Å². The molecule has 0 radical (unpaired) electrons. The number of nitrogens with zero attached hydrogens (tertiary/aromatic N) is 3. The highest BCUT2D eigenvalue weighted by Crippen LogP contribution is 2.16. The van der Waals surface area contributed by atoms with Gasteiger partial charge in [0.05, 0.1) is 0 Å². The van der Waals surface area contributed by atoms with Crippen molar-refractivity contribution in [1.29, 1.82) is 0 Å². The van der Waals surface area contributed by atoms with Crippen molar-refractivity contribution in [2.24, 2.45) is 5.92 Å². The molecule has 1 N–H and O–H groups in total. The van der Waals surface area contributed by atoms with E-state index in [0.29, 0.717) is 11.1 Å². The number of fused-ring (bicyclic) bond motifs is 1. The SMILES string of the molecule is Clc1ccc2cn(C[C@@H]3CCNC3)nc2n1. The second-order valence-corrected chi connectivity index (χ2v) is 4.64. The number of aromatic nitrogens is 3. The average molecular weight is 237 g/mol. The van der Waals surface area contributed by atoms with E-state index in [2.05, 4.69) is 15.4 Å². The molecule has 0 saturated carbocycles. The number of hydrogen-bond acceptors (Lipinski definition) is 3. The van der Waals surface area contributed by atoms with Gasteiger partial charge in [0.2, 0.25) is 0 Å². The smallest absolute Gasteiger partial charge is 0.182 e. The molecule has 84 valence electrons. The third-order valence-electron chi connectivity index (χ3n) is 2.99. The van der Waals surface area contributed by atoms with Crippen LogP contribution in [-0.2, 0) is 6.54 Å². The summed E-state index contributed by atoms with van der Waals surface area (Å²) < 4.78 is 1.98. The van der Waals surface area contributed by atoms with Gasteiger partial charge in [-0.05, 0) is 37.6 Å². The standard InChI is InChI=1S/C11H13ClN4/c12-10-2-1-9-7-16(15-11(9)14-10)6-8-3-4-13-5-8/h1-2,7-8,13H,3-6H2/t8-/m1/s1. The number of rotatable bonds is 2. The summed E-state index contributed by atoms with van der Waals surface area (Å²) in [6.07, 6.45) is 3.27. The molecule has 0 spiro atoms. The summed E-state index contributed by atoms with van der Waals surface area (Å²) in [5, 5.41) is 9.34. The van der Waals surface area contributed by atoms with E-state index in [1.165, 1.54) is 6.42 Å². The predicted octanol–water partition coefficient (Wildman–Crippen LogP) is 1.69. The van der Waals surface area contributed by atoms with E-state index in [-0.39, 0.29) is 0 Å². The second kappa shape index (κ2) is 4.03. The van der Waals surface area contributed by atoms with Gasteiger partial charge in [0.15, 0.2) is 5.65 Å². The van der Waals surface area contributed by atoms with Gasteiger partial charge in [0.1, 0.15) is 5.15 Å². The lowest BCUT2D eigenvalue weighted by molar-refractivity contribution is 0.451. The van der Waals surface area contributed by atoms with Crippen molar-refractivity contribution in [1.82, 2.24) is 20.1 Å². The Morgan fingerprint density at radius 1 is 1.50 bits per heavy atom. The van der Waals surface area contributed by atoms with Gasteiger partial charge in [-0.15, -0.1) is 0 Å². The van der Waals surface area contributed by atoms with Crippen LogP contribution in [-0.4, -0.2) is 27.9 Å². The molecular weight excluding hydrogens is 224 g/mol. The maximum atomic E-state index is 5.83. The summed E-state index contributed by atoms with van der Waals surface area (Å²) >= 11 is 5.83. The molecule has 5 heteroatoms. The molecule has 1 aliphatic rings. The molecule has 3 heterocycles. The molecular formula is C11H13ClN4. The fourth-order valence-electron chi connectivity index (χ4n) is 2.16. The van der Waals surface area contributed by atoms with Crippen LogP contribution in [0.4, 0.5) is 0 Å². The molecule has 0 aromatic carbocycles. The molecule has 16 heavy (non-hydrogen) atoms. The lowest BCUT2D eigenvalue weighted by Crippen LogP contribution is -2.14. The monoisotopic (exact) mass is 236 g/mol. The van der Waals surface area contributed by atoms with Gasteiger partial charge in [-0.3, -0.25) is 4.68 Å². The zero-order valence-electron chi connectivity index (χ0n) is 8.86. The molecule has 0 unspecified atom stereocenters. The van der Waals surface area contributed by atoms with Gasteiger partial charge < -0.3 is 5.32 Å². The van der Waals surface area contributed by atoms with Crippen LogP contribution in [0.15, 0.2) is 18.3 Å². The van der Waals surface area contributed by atoms with Crippen LogP contribution in [0, 0.1) is 5.92 Å². The highest BCUT2D eigenvalue weighted by Gasteiger charge is 2.15. The van der Waals surface area contributed by atoms with Crippen molar-refractivity contribution in [2.75, 3.05) is 13.1 Å². The Kier molecular flexibility index (Phi) is 2.53. The lowest BCUT2D eigenvalue weighted by Gasteiger charge is -2.06. The summed E-state index contributed by atoms with van der Waals surface area (Å²) in [5.41, 5.74) is 0.735. The average Bonchev–Trinajstić information content (AvgIpc) is 2.86. The number of hydrogen-bond donors (Lipinski definition) is 1. The van der Waals surface area contributed by atoms with Crippen LogP contribution in [0.5, 0.6) is 0 Å². The zero-order chi connectivity index (χ0) is 11.0. The zero-order valence-corrected chi connectivity index (χ0v) is 9.61. The molecule has 0 amide bonds. The Morgan fingerprint density at radius 3 is 3.25 bits per heavy atom. The molecule has 1 atom stereocenters. The number of nitrogens with one attached hydrogen (secondary N) is 1. The first kappa shape index (κ1) is 10.1. The molecule has 0 bridgehead atoms. The van der Waals surface area contributed by atoms with Crippen molar-refractivity contribution < 1.29 is 0 Å². The molecule has 0 aliphatic carbocycles. The van der Waals surface area contributed by atoms with Crippen molar-refractivity contribution in [2.45, 2.75) is 13.0 Å². The maximum Gasteiger partial charge on any atom is 0.182 e. The number of halogens is 1. The third kappa shape index (κ3) is 1.90. The third-order valence-corrected chi connectivity index (χ3v) is 3.20. The van der Waals surface area contributed by atoms with Gasteiger partial charge in [0, 0.05) is 18.1 Å². The molecule has 1 saturated heterocycles. The minimum atomic E-state index is 0.500. The topological polar surface area (TPSA) is 42.7 Å². The molecule has 1 fully saturated rings. The fraction of sp³-hybridized carbons (Fsp3) is 0.455. The van der Waals surface area contributed by atoms with E-state index in [1.807, 2.05) is 16.9 Å². The summed E-state index contributed by atoms with van der Waals surface area (Å²) in [5.74, 6) is 0.685. The van der Waals surface area contributed by atoms with Crippen LogP contribution < -0.4 is 5.32 Å². The molecule has 4 nitrogen and oxygen atoms in total. The molecule has 2 aromatic rings. The van der Waals surface area contributed by atoms with Crippen molar-refractivity contribution in [3.63, 3.8) is 0 Å². The van der Waals surface area contributed by atoms with E-state index in [0.717, 1.165) is 30.7 Å². The van der Waals surface area contributed by atoms with E-state index in [9.17, 15) is 0 Å². The van der Waals surface area contributed by atoms with Crippen molar-refractivity contribution in [3.05, 3.63) is 23.5 Å². The quantitative estimate of drug-likeness (QED) is 0.807. The Balaban J connectivity index is 1.86. The minimum Gasteiger partial charge on any atom is -0.316 e. The number of pyridine rings is 1. The van der Waals surface area contributed by atoms with Crippen LogP contribution >= 0.6 is 11.6 Å². The van der Waals surface area contributed by atoms with E-state index in [4.69, 9.17) is 11.6 Å². The van der Waals surface area contributed by atoms with Crippen molar-refractivity contribution in [3.8, 4) is 0 Å². The van der Waals surface area contributed by atoms with Crippen LogP contribution in [0.3, 0.4) is 0 Å². The first-order valence-electron chi connectivity index (χ1n) is 5.52. The van der Waals surface area contributed by atoms with Gasteiger partial charge >= 0.3 is 0 Å². The summed E-state index contributed by atoms with van der Waals surface area (Å²) in [6.45, 7) is 3.17. The van der Waals surface area contributed by atoms with Crippen LogP contribution in [0.1, 0.15) is 6.42 Å². The van der Waals surface area contributed by atoms with E-state index >= 15 is 0 Å². The van der Waals surface area contributed by atoms with Gasteiger partial charge in [0.25, 0.3) is 0 Å². The highest BCUT2D eigenvalue weighted by atomic mass is 35.5. The maximum absolute atomic E-state index is 5.83.